The second kappa shape index (κ2) is 5.51. The van der Waals surface area contributed by atoms with Gasteiger partial charge < -0.3 is 0 Å². The standard InChI is InChI=1S/C19H20N4O/c1-4-23-19-16(13-5-6-13)7-14(15-9-20-12(3)21-10-15)8-17(19)18(22-23)11(2)24/h7-10,13H,4-6H2,1-3H3. The molecule has 0 bridgehead atoms. The number of nitrogens with zero attached hydrogens (tertiary/aromatic N) is 4. The molecule has 2 heterocycles. The predicted molar refractivity (Wildman–Crippen MR) is 93.1 cm³/mol. The minimum absolute atomic E-state index is 0.00579. The van der Waals surface area contributed by atoms with E-state index in [1.54, 1.807) is 6.92 Å². The van der Waals surface area contributed by atoms with E-state index in [-0.39, 0.29) is 5.78 Å². The summed E-state index contributed by atoms with van der Waals surface area (Å²) in [6.07, 6.45) is 6.09. The van der Waals surface area contributed by atoms with Crippen LogP contribution in [0.3, 0.4) is 0 Å². The van der Waals surface area contributed by atoms with Crippen LogP contribution in [0.1, 0.15) is 54.5 Å². The number of aryl methyl sites for hydroxylation is 2. The summed E-state index contributed by atoms with van der Waals surface area (Å²) in [6, 6.07) is 4.29. The molecule has 0 saturated heterocycles. The first kappa shape index (κ1) is 15.0. The highest BCUT2D eigenvalue weighted by atomic mass is 16.1. The van der Waals surface area contributed by atoms with E-state index in [9.17, 15) is 4.79 Å². The van der Waals surface area contributed by atoms with E-state index in [0.717, 1.165) is 34.4 Å². The number of carbonyl (C=O) groups is 1. The number of rotatable bonds is 4. The number of ketones is 1. The Labute approximate surface area is 140 Å². The summed E-state index contributed by atoms with van der Waals surface area (Å²) in [5.41, 5.74) is 5.00. The minimum Gasteiger partial charge on any atom is -0.293 e. The second-order valence-corrected chi connectivity index (χ2v) is 6.48. The van der Waals surface area contributed by atoms with Crippen molar-refractivity contribution in [3.05, 3.63) is 41.6 Å². The minimum atomic E-state index is 0.00579. The third-order valence-electron chi connectivity index (χ3n) is 4.64. The van der Waals surface area contributed by atoms with Crippen LogP contribution in [0.15, 0.2) is 24.5 Å². The van der Waals surface area contributed by atoms with E-state index in [1.165, 1.54) is 18.4 Å². The SMILES string of the molecule is CCn1nc(C(C)=O)c2cc(-c3cnc(C)nc3)cc(C3CC3)c21. The number of aromatic nitrogens is 4. The van der Waals surface area contributed by atoms with Crippen molar-refractivity contribution < 1.29 is 4.79 Å². The fourth-order valence-electron chi connectivity index (χ4n) is 3.25. The van der Waals surface area contributed by atoms with E-state index in [2.05, 4.69) is 34.1 Å². The molecule has 1 aliphatic carbocycles. The van der Waals surface area contributed by atoms with Gasteiger partial charge >= 0.3 is 0 Å². The van der Waals surface area contributed by atoms with Crippen molar-refractivity contribution in [3.8, 4) is 11.1 Å². The van der Waals surface area contributed by atoms with Crippen molar-refractivity contribution in [2.45, 2.75) is 46.1 Å². The van der Waals surface area contributed by atoms with E-state index in [0.29, 0.717) is 11.6 Å². The Morgan fingerprint density at radius 3 is 2.50 bits per heavy atom. The van der Waals surface area contributed by atoms with Crippen molar-refractivity contribution in [2.75, 3.05) is 0 Å². The topological polar surface area (TPSA) is 60.7 Å². The predicted octanol–water partition coefficient (Wildman–Crippen LogP) is 3.90. The molecule has 4 rings (SSSR count). The Balaban J connectivity index is 2.01. The van der Waals surface area contributed by atoms with Crippen molar-refractivity contribution in [1.82, 2.24) is 19.7 Å². The zero-order chi connectivity index (χ0) is 16.8. The average Bonchev–Trinajstić information content (AvgIpc) is 3.35. The van der Waals surface area contributed by atoms with Crippen LogP contribution in [0, 0.1) is 6.92 Å². The van der Waals surface area contributed by atoms with Crippen molar-refractivity contribution in [2.24, 2.45) is 0 Å². The lowest BCUT2D eigenvalue weighted by molar-refractivity contribution is 0.101. The molecule has 0 radical (unpaired) electrons. The largest absolute Gasteiger partial charge is 0.293 e. The lowest BCUT2D eigenvalue weighted by atomic mass is 9.98. The highest BCUT2D eigenvalue weighted by Crippen LogP contribution is 2.45. The Morgan fingerprint density at radius 1 is 1.21 bits per heavy atom. The van der Waals surface area contributed by atoms with E-state index in [4.69, 9.17) is 0 Å². The highest BCUT2D eigenvalue weighted by molar-refractivity contribution is 6.06. The Bertz CT molecular complexity index is 936. The van der Waals surface area contributed by atoms with E-state index in [1.807, 2.05) is 24.0 Å². The lowest BCUT2D eigenvalue weighted by Gasteiger charge is -2.09. The van der Waals surface area contributed by atoms with Gasteiger partial charge in [0.1, 0.15) is 11.5 Å². The number of benzene rings is 1. The maximum absolute atomic E-state index is 12.1. The van der Waals surface area contributed by atoms with Gasteiger partial charge in [0, 0.05) is 36.8 Å². The second-order valence-electron chi connectivity index (χ2n) is 6.48. The van der Waals surface area contributed by atoms with Gasteiger partial charge in [0.05, 0.1) is 5.52 Å². The van der Waals surface area contributed by atoms with Gasteiger partial charge in [-0.15, -0.1) is 0 Å². The van der Waals surface area contributed by atoms with Gasteiger partial charge in [-0.2, -0.15) is 5.10 Å². The molecular weight excluding hydrogens is 300 g/mol. The first-order valence-electron chi connectivity index (χ1n) is 8.43. The van der Waals surface area contributed by atoms with Crippen LogP contribution in [0.2, 0.25) is 0 Å². The molecule has 1 aromatic carbocycles. The smallest absolute Gasteiger partial charge is 0.180 e. The monoisotopic (exact) mass is 320 g/mol. The fourth-order valence-corrected chi connectivity index (χ4v) is 3.25. The van der Waals surface area contributed by atoms with Crippen LogP contribution >= 0.6 is 0 Å². The molecular formula is C19H20N4O. The van der Waals surface area contributed by atoms with E-state index < -0.39 is 0 Å². The van der Waals surface area contributed by atoms with Crippen LogP contribution in [0.5, 0.6) is 0 Å². The third-order valence-corrected chi connectivity index (χ3v) is 4.64. The van der Waals surface area contributed by atoms with Crippen LogP contribution in [-0.2, 0) is 6.54 Å². The summed E-state index contributed by atoms with van der Waals surface area (Å²) >= 11 is 0. The Morgan fingerprint density at radius 2 is 1.92 bits per heavy atom. The van der Waals surface area contributed by atoms with Gasteiger partial charge in [-0.25, -0.2) is 9.97 Å². The normalized spacial score (nSPS) is 14.3. The van der Waals surface area contributed by atoms with Crippen LogP contribution in [0.25, 0.3) is 22.0 Å². The zero-order valence-corrected chi connectivity index (χ0v) is 14.2. The average molecular weight is 320 g/mol. The molecule has 0 atom stereocenters. The van der Waals surface area contributed by atoms with Gasteiger partial charge in [-0.3, -0.25) is 9.48 Å². The first-order chi connectivity index (χ1) is 11.6. The maximum atomic E-state index is 12.1. The van der Waals surface area contributed by atoms with Gasteiger partial charge in [0.15, 0.2) is 5.78 Å². The lowest BCUT2D eigenvalue weighted by Crippen LogP contribution is -2.00. The quantitative estimate of drug-likeness (QED) is 0.684. The molecule has 122 valence electrons. The first-order valence-corrected chi connectivity index (χ1v) is 8.43. The third kappa shape index (κ3) is 2.40. The molecule has 1 aliphatic rings. The summed E-state index contributed by atoms with van der Waals surface area (Å²) in [7, 11) is 0. The number of fused-ring (bicyclic) bond motifs is 1. The molecule has 24 heavy (non-hydrogen) atoms. The van der Waals surface area contributed by atoms with Gasteiger partial charge in [-0.05, 0) is 55.9 Å². The summed E-state index contributed by atoms with van der Waals surface area (Å²) in [4.78, 5) is 20.7. The molecule has 1 fully saturated rings. The number of hydrogen-bond donors (Lipinski definition) is 0. The molecule has 0 N–H and O–H groups in total. The molecule has 5 heteroatoms. The summed E-state index contributed by atoms with van der Waals surface area (Å²) in [6.45, 7) is 6.28. The summed E-state index contributed by atoms with van der Waals surface area (Å²) in [5, 5.41) is 5.51. The molecule has 0 unspecified atom stereocenters. The maximum Gasteiger partial charge on any atom is 0.180 e. The Hall–Kier alpha value is -2.56. The van der Waals surface area contributed by atoms with Crippen LogP contribution < -0.4 is 0 Å². The van der Waals surface area contributed by atoms with Gasteiger partial charge in [0.25, 0.3) is 0 Å². The molecule has 0 amide bonds. The molecule has 3 aromatic rings. The van der Waals surface area contributed by atoms with Crippen LogP contribution in [-0.4, -0.2) is 25.5 Å². The van der Waals surface area contributed by atoms with Crippen LogP contribution in [0.4, 0.5) is 0 Å². The summed E-state index contributed by atoms with van der Waals surface area (Å²) < 4.78 is 1.97. The van der Waals surface area contributed by atoms with E-state index >= 15 is 0 Å². The van der Waals surface area contributed by atoms with Crippen molar-refractivity contribution >= 4 is 16.7 Å². The number of Topliss-reactive ketones (excluding diaryl/α,β-unsaturated/α-hetero) is 1. The highest BCUT2D eigenvalue weighted by Gasteiger charge is 2.29. The Kier molecular flexibility index (Phi) is 3.44. The number of carbonyl (C=O) groups excluding carboxylic acids is 1. The zero-order valence-electron chi connectivity index (χ0n) is 14.2. The fraction of sp³-hybridized carbons (Fsp3) is 0.368. The molecule has 1 saturated carbocycles. The molecule has 0 aliphatic heterocycles. The van der Waals surface area contributed by atoms with Gasteiger partial charge in [-0.1, -0.05) is 0 Å². The molecule has 5 nitrogen and oxygen atoms in total. The van der Waals surface area contributed by atoms with Crippen molar-refractivity contribution in [3.63, 3.8) is 0 Å². The summed E-state index contributed by atoms with van der Waals surface area (Å²) in [5.74, 6) is 1.33. The van der Waals surface area contributed by atoms with Gasteiger partial charge in [0.2, 0.25) is 0 Å². The number of hydrogen-bond acceptors (Lipinski definition) is 4. The molecule has 0 spiro atoms. The molecule has 2 aromatic heterocycles. The van der Waals surface area contributed by atoms with Crippen molar-refractivity contribution in [1.29, 1.82) is 0 Å².